The molecule has 5 nitrogen and oxygen atoms in total. The molecule has 1 aliphatic rings. The molecule has 0 saturated carbocycles. The quantitative estimate of drug-likeness (QED) is 0.538. The van der Waals surface area contributed by atoms with E-state index in [1.54, 1.807) is 7.11 Å². The molecule has 15 heavy (non-hydrogen) atoms. The van der Waals surface area contributed by atoms with E-state index in [0.29, 0.717) is 32.3 Å². The van der Waals surface area contributed by atoms with E-state index < -0.39 is 0 Å². The number of nitrogens with one attached hydrogen (secondary N) is 2. The average Bonchev–Trinajstić information content (AvgIpc) is 2.63. The highest BCUT2D eigenvalue weighted by molar-refractivity contribution is 5.78. The second-order valence-corrected chi connectivity index (χ2v) is 3.61. The maximum Gasteiger partial charge on any atom is 0.220 e. The fourth-order valence-electron chi connectivity index (χ4n) is 1.50. The standard InChI is InChI=1S/C10H20N2O3/c1-14-6-7-15-5-4-11-8-9-2-3-10(13)12-9/h9,11H,2-8H2,1H3,(H,12,13). The van der Waals surface area contributed by atoms with Crippen molar-refractivity contribution in [2.75, 3.05) is 40.0 Å². The van der Waals surface area contributed by atoms with Crippen molar-refractivity contribution < 1.29 is 14.3 Å². The molecule has 0 aliphatic carbocycles. The molecule has 1 fully saturated rings. The van der Waals surface area contributed by atoms with Crippen LogP contribution in [0.5, 0.6) is 0 Å². The minimum atomic E-state index is 0.165. The Morgan fingerprint density at radius 2 is 2.33 bits per heavy atom. The Kier molecular flexibility index (Phi) is 6.31. The van der Waals surface area contributed by atoms with E-state index in [4.69, 9.17) is 9.47 Å². The fraction of sp³-hybridized carbons (Fsp3) is 0.900. The number of ether oxygens (including phenoxy) is 2. The highest BCUT2D eigenvalue weighted by Crippen LogP contribution is 2.04. The van der Waals surface area contributed by atoms with Gasteiger partial charge in [0.15, 0.2) is 0 Å². The number of amides is 1. The number of methoxy groups -OCH3 is 1. The van der Waals surface area contributed by atoms with Crippen LogP contribution in [0.25, 0.3) is 0 Å². The van der Waals surface area contributed by atoms with Crippen molar-refractivity contribution in [3.8, 4) is 0 Å². The first-order valence-corrected chi connectivity index (χ1v) is 5.39. The molecule has 1 rings (SSSR count). The molecule has 0 aromatic carbocycles. The first-order valence-electron chi connectivity index (χ1n) is 5.39. The summed E-state index contributed by atoms with van der Waals surface area (Å²) in [4.78, 5) is 10.9. The van der Waals surface area contributed by atoms with Crippen molar-refractivity contribution in [1.29, 1.82) is 0 Å². The molecule has 0 spiro atoms. The van der Waals surface area contributed by atoms with Gasteiger partial charge in [0.1, 0.15) is 0 Å². The molecule has 0 aromatic rings. The third kappa shape index (κ3) is 5.71. The summed E-state index contributed by atoms with van der Waals surface area (Å²) in [5.41, 5.74) is 0. The zero-order chi connectivity index (χ0) is 10.9. The van der Waals surface area contributed by atoms with Crippen molar-refractivity contribution >= 4 is 5.91 Å². The van der Waals surface area contributed by atoms with Crippen LogP contribution in [0.2, 0.25) is 0 Å². The third-order valence-electron chi connectivity index (χ3n) is 2.33. The van der Waals surface area contributed by atoms with Crippen molar-refractivity contribution in [2.45, 2.75) is 18.9 Å². The molecule has 1 atom stereocenters. The van der Waals surface area contributed by atoms with Crippen molar-refractivity contribution in [1.82, 2.24) is 10.6 Å². The van der Waals surface area contributed by atoms with Gasteiger partial charge in [-0.2, -0.15) is 0 Å². The lowest BCUT2D eigenvalue weighted by Gasteiger charge is -2.11. The predicted molar refractivity (Wildman–Crippen MR) is 56.7 cm³/mol. The van der Waals surface area contributed by atoms with E-state index in [1.807, 2.05) is 0 Å². The molecule has 1 aliphatic heterocycles. The highest BCUT2D eigenvalue weighted by Gasteiger charge is 2.19. The van der Waals surface area contributed by atoms with E-state index in [0.717, 1.165) is 19.5 Å². The number of hydrogen-bond donors (Lipinski definition) is 2. The average molecular weight is 216 g/mol. The predicted octanol–water partition coefficient (Wildman–Crippen LogP) is -0.482. The molecular weight excluding hydrogens is 196 g/mol. The Hall–Kier alpha value is -0.650. The van der Waals surface area contributed by atoms with Crippen LogP contribution >= 0.6 is 0 Å². The van der Waals surface area contributed by atoms with Gasteiger partial charge in [0.2, 0.25) is 5.91 Å². The summed E-state index contributed by atoms with van der Waals surface area (Å²) in [6, 6.07) is 0.302. The van der Waals surface area contributed by atoms with Crippen LogP contribution in [0.3, 0.4) is 0 Å². The maximum atomic E-state index is 10.9. The lowest BCUT2D eigenvalue weighted by molar-refractivity contribution is -0.119. The summed E-state index contributed by atoms with van der Waals surface area (Å²) in [5.74, 6) is 0.165. The molecule has 0 radical (unpaired) electrons. The molecule has 0 bridgehead atoms. The van der Waals surface area contributed by atoms with Gasteiger partial charge in [0, 0.05) is 32.7 Å². The second kappa shape index (κ2) is 7.62. The molecule has 1 amide bonds. The van der Waals surface area contributed by atoms with E-state index >= 15 is 0 Å². The Labute approximate surface area is 90.5 Å². The van der Waals surface area contributed by atoms with Crippen molar-refractivity contribution in [3.63, 3.8) is 0 Å². The van der Waals surface area contributed by atoms with Crippen LogP contribution in [0.4, 0.5) is 0 Å². The zero-order valence-corrected chi connectivity index (χ0v) is 9.25. The van der Waals surface area contributed by atoms with Crippen LogP contribution < -0.4 is 10.6 Å². The van der Waals surface area contributed by atoms with E-state index in [2.05, 4.69) is 10.6 Å². The SMILES string of the molecule is COCCOCCNCC1CCC(=O)N1. The van der Waals surface area contributed by atoms with Crippen LogP contribution in [-0.4, -0.2) is 52.0 Å². The smallest absolute Gasteiger partial charge is 0.220 e. The lowest BCUT2D eigenvalue weighted by atomic mass is 10.2. The minimum Gasteiger partial charge on any atom is -0.382 e. The summed E-state index contributed by atoms with van der Waals surface area (Å²) in [6.07, 6.45) is 1.60. The summed E-state index contributed by atoms with van der Waals surface area (Å²) in [7, 11) is 1.66. The third-order valence-corrected chi connectivity index (χ3v) is 2.33. The molecule has 1 heterocycles. The Morgan fingerprint density at radius 3 is 3.00 bits per heavy atom. The first kappa shape index (κ1) is 12.4. The van der Waals surface area contributed by atoms with Gasteiger partial charge in [-0.05, 0) is 6.42 Å². The molecule has 0 aromatic heterocycles. The van der Waals surface area contributed by atoms with Gasteiger partial charge < -0.3 is 20.1 Å². The molecule has 88 valence electrons. The number of carbonyl (C=O) groups excluding carboxylic acids is 1. The molecule has 1 saturated heterocycles. The van der Waals surface area contributed by atoms with Crippen LogP contribution in [0, 0.1) is 0 Å². The minimum absolute atomic E-state index is 0.165. The van der Waals surface area contributed by atoms with Crippen LogP contribution in [-0.2, 0) is 14.3 Å². The zero-order valence-electron chi connectivity index (χ0n) is 9.25. The summed E-state index contributed by atoms with van der Waals surface area (Å²) < 4.78 is 10.1. The van der Waals surface area contributed by atoms with Crippen molar-refractivity contribution in [3.05, 3.63) is 0 Å². The molecular formula is C10H20N2O3. The largest absolute Gasteiger partial charge is 0.382 e. The van der Waals surface area contributed by atoms with Crippen LogP contribution in [0.1, 0.15) is 12.8 Å². The topological polar surface area (TPSA) is 59.6 Å². The van der Waals surface area contributed by atoms with Gasteiger partial charge in [0.05, 0.1) is 19.8 Å². The van der Waals surface area contributed by atoms with Gasteiger partial charge in [-0.25, -0.2) is 0 Å². The van der Waals surface area contributed by atoms with Gasteiger partial charge in [0.25, 0.3) is 0 Å². The van der Waals surface area contributed by atoms with E-state index in [9.17, 15) is 4.79 Å². The van der Waals surface area contributed by atoms with Crippen molar-refractivity contribution in [2.24, 2.45) is 0 Å². The van der Waals surface area contributed by atoms with Crippen LogP contribution in [0.15, 0.2) is 0 Å². The normalized spacial score (nSPS) is 20.6. The molecule has 5 heteroatoms. The fourth-order valence-corrected chi connectivity index (χ4v) is 1.50. The molecule has 2 N–H and O–H groups in total. The summed E-state index contributed by atoms with van der Waals surface area (Å²) in [5, 5.41) is 6.15. The number of hydrogen-bond acceptors (Lipinski definition) is 4. The summed E-state index contributed by atoms with van der Waals surface area (Å²) in [6.45, 7) is 3.61. The Morgan fingerprint density at radius 1 is 1.47 bits per heavy atom. The van der Waals surface area contributed by atoms with E-state index in [-0.39, 0.29) is 5.91 Å². The maximum absolute atomic E-state index is 10.9. The number of rotatable bonds is 8. The first-order chi connectivity index (χ1) is 7.33. The van der Waals surface area contributed by atoms with Gasteiger partial charge >= 0.3 is 0 Å². The monoisotopic (exact) mass is 216 g/mol. The Bertz CT molecular complexity index is 188. The van der Waals surface area contributed by atoms with Gasteiger partial charge in [-0.15, -0.1) is 0 Å². The summed E-state index contributed by atoms with van der Waals surface area (Å²) >= 11 is 0. The molecule has 1 unspecified atom stereocenters. The Balaban J connectivity index is 1.83. The number of carbonyl (C=O) groups is 1. The highest BCUT2D eigenvalue weighted by atomic mass is 16.5. The lowest BCUT2D eigenvalue weighted by Crippen LogP contribution is -2.36. The van der Waals surface area contributed by atoms with Gasteiger partial charge in [-0.3, -0.25) is 4.79 Å². The van der Waals surface area contributed by atoms with E-state index in [1.165, 1.54) is 0 Å². The van der Waals surface area contributed by atoms with Gasteiger partial charge in [-0.1, -0.05) is 0 Å². The second-order valence-electron chi connectivity index (χ2n) is 3.61.